The molecule has 0 aromatic heterocycles. The highest BCUT2D eigenvalue weighted by atomic mass is 16.7. The molecule has 0 aliphatic heterocycles. The van der Waals surface area contributed by atoms with Gasteiger partial charge in [-0.15, -0.1) is 0 Å². The zero-order valence-electron chi connectivity index (χ0n) is 11.7. The van der Waals surface area contributed by atoms with Crippen LogP contribution in [0.4, 0.5) is 0 Å². The van der Waals surface area contributed by atoms with Crippen molar-refractivity contribution in [3.63, 3.8) is 0 Å². The molecule has 1 saturated carbocycles. The van der Waals surface area contributed by atoms with Crippen molar-refractivity contribution in [2.45, 2.75) is 44.0 Å². The first-order valence-corrected chi connectivity index (χ1v) is 6.61. The van der Waals surface area contributed by atoms with E-state index in [0.717, 1.165) is 32.1 Å². The molecule has 0 aromatic rings. The predicted octanol–water partition coefficient (Wildman–Crippen LogP) is 2.12. The van der Waals surface area contributed by atoms with Gasteiger partial charge >= 0.3 is 0 Å². The lowest BCUT2D eigenvalue weighted by Crippen LogP contribution is -2.41. The Balaban J connectivity index is 2.65. The molecule has 1 N–H and O–H groups in total. The molecule has 1 rings (SSSR count). The van der Waals surface area contributed by atoms with Crippen LogP contribution < -0.4 is 0 Å². The normalized spacial score (nSPS) is 29.3. The van der Waals surface area contributed by atoms with Crippen molar-refractivity contribution < 1.29 is 19.3 Å². The highest BCUT2D eigenvalue weighted by Crippen LogP contribution is 2.38. The fourth-order valence-electron chi connectivity index (χ4n) is 2.66. The molecule has 2 unspecified atom stereocenters. The van der Waals surface area contributed by atoms with Gasteiger partial charge in [0, 0.05) is 27.8 Å². The van der Waals surface area contributed by atoms with Gasteiger partial charge in [-0.3, -0.25) is 0 Å². The van der Waals surface area contributed by atoms with Crippen molar-refractivity contribution in [1.82, 2.24) is 0 Å². The van der Waals surface area contributed by atoms with Crippen LogP contribution in [0.15, 0.2) is 12.2 Å². The van der Waals surface area contributed by atoms with Gasteiger partial charge in [-0.2, -0.15) is 0 Å². The molecule has 1 fully saturated rings. The second-order valence-corrected chi connectivity index (χ2v) is 4.93. The van der Waals surface area contributed by atoms with E-state index in [-0.39, 0.29) is 12.2 Å². The van der Waals surface area contributed by atoms with Crippen molar-refractivity contribution in [1.29, 1.82) is 0 Å². The van der Waals surface area contributed by atoms with E-state index >= 15 is 0 Å². The molecule has 0 aromatic carbocycles. The molecule has 4 heteroatoms. The average Bonchev–Trinajstić information content (AvgIpc) is 2.38. The largest absolute Gasteiger partial charge is 0.386 e. The molecule has 0 radical (unpaired) electrons. The summed E-state index contributed by atoms with van der Waals surface area (Å²) in [7, 11) is 4.92. The van der Waals surface area contributed by atoms with Crippen LogP contribution in [-0.4, -0.2) is 44.9 Å². The third kappa shape index (κ3) is 4.35. The summed E-state index contributed by atoms with van der Waals surface area (Å²) >= 11 is 0. The third-order valence-electron chi connectivity index (χ3n) is 3.76. The number of rotatable bonds is 7. The SMILES string of the molecule is COC/C=C/C1(O)CCCCC1CC(OC)OC. The lowest BCUT2D eigenvalue weighted by molar-refractivity contribution is -0.133. The minimum atomic E-state index is -0.744. The summed E-state index contributed by atoms with van der Waals surface area (Å²) in [4.78, 5) is 0. The highest BCUT2D eigenvalue weighted by molar-refractivity contribution is 5.06. The van der Waals surface area contributed by atoms with Gasteiger partial charge in [0.15, 0.2) is 6.29 Å². The Morgan fingerprint density at radius 3 is 2.61 bits per heavy atom. The van der Waals surface area contributed by atoms with Gasteiger partial charge in [-0.25, -0.2) is 0 Å². The first kappa shape index (κ1) is 15.6. The summed E-state index contributed by atoms with van der Waals surface area (Å²) in [6.45, 7) is 0.535. The van der Waals surface area contributed by atoms with Gasteiger partial charge in [0.05, 0.1) is 12.2 Å². The number of hydrogen-bond donors (Lipinski definition) is 1. The Morgan fingerprint density at radius 1 is 1.28 bits per heavy atom. The van der Waals surface area contributed by atoms with Crippen molar-refractivity contribution in [2.24, 2.45) is 5.92 Å². The minimum absolute atomic E-state index is 0.184. The first-order chi connectivity index (χ1) is 8.66. The molecule has 0 amide bonds. The van der Waals surface area contributed by atoms with Crippen LogP contribution in [0.2, 0.25) is 0 Å². The molecule has 1 aliphatic carbocycles. The fraction of sp³-hybridized carbons (Fsp3) is 0.857. The van der Waals surface area contributed by atoms with E-state index in [1.54, 1.807) is 21.3 Å². The Kier molecular flexibility index (Phi) is 6.86. The summed E-state index contributed by atoms with van der Waals surface area (Å²) in [6, 6.07) is 0. The highest BCUT2D eigenvalue weighted by Gasteiger charge is 2.37. The predicted molar refractivity (Wildman–Crippen MR) is 70.3 cm³/mol. The van der Waals surface area contributed by atoms with E-state index < -0.39 is 5.60 Å². The monoisotopic (exact) mass is 258 g/mol. The second-order valence-electron chi connectivity index (χ2n) is 4.93. The Bertz CT molecular complexity index is 250. The number of aliphatic hydroxyl groups is 1. The molecule has 106 valence electrons. The number of methoxy groups -OCH3 is 3. The van der Waals surface area contributed by atoms with Crippen LogP contribution in [-0.2, 0) is 14.2 Å². The van der Waals surface area contributed by atoms with Crippen LogP contribution in [0.25, 0.3) is 0 Å². The van der Waals surface area contributed by atoms with Gasteiger partial charge in [0.1, 0.15) is 0 Å². The molecule has 0 heterocycles. The molecule has 2 atom stereocenters. The van der Waals surface area contributed by atoms with Crippen LogP contribution in [0.3, 0.4) is 0 Å². The minimum Gasteiger partial charge on any atom is -0.386 e. The summed E-state index contributed by atoms with van der Waals surface area (Å²) in [5.41, 5.74) is -0.744. The molecule has 4 nitrogen and oxygen atoms in total. The molecule has 18 heavy (non-hydrogen) atoms. The number of ether oxygens (including phenoxy) is 3. The summed E-state index contributed by atoms with van der Waals surface area (Å²) in [5.74, 6) is 0.184. The van der Waals surface area contributed by atoms with Crippen molar-refractivity contribution >= 4 is 0 Å². The smallest absolute Gasteiger partial charge is 0.157 e. The lowest BCUT2D eigenvalue weighted by Gasteiger charge is -2.39. The number of hydrogen-bond acceptors (Lipinski definition) is 4. The van der Waals surface area contributed by atoms with Crippen LogP contribution in [0.5, 0.6) is 0 Å². The summed E-state index contributed by atoms with van der Waals surface area (Å²) < 4.78 is 15.5. The maximum atomic E-state index is 10.7. The standard InChI is InChI=1S/C14H26O4/c1-16-10-6-9-14(15)8-5-4-7-12(14)11-13(17-2)18-3/h6,9,12-13,15H,4-5,7-8,10-11H2,1-3H3/b9-6+. The molecular formula is C14H26O4. The van der Waals surface area contributed by atoms with E-state index in [0.29, 0.717) is 6.61 Å². The van der Waals surface area contributed by atoms with Gasteiger partial charge < -0.3 is 19.3 Å². The average molecular weight is 258 g/mol. The topological polar surface area (TPSA) is 47.9 Å². The maximum Gasteiger partial charge on any atom is 0.157 e. The van der Waals surface area contributed by atoms with Gasteiger partial charge in [0.25, 0.3) is 0 Å². The van der Waals surface area contributed by atoms with E-state index in [2.05, 4.69) is 0 Å². The first-order valence-electron chi connectivity index (χ1n) is 6.61. The fourth-order valence-corrected chi connectivity index (χ4v) is 2.66. The molecule has 1 aliphatic rings. The second kappa shape index (κ2) is 7.89. The molecule has 0 spiro atoms. The van der Waals surface area contributed by atoms with Crippen molar-refractivity contribution in [3.8, 4) is 0 Å². The van der Waals surface area contributed by atoms with E-state index in [1.807, 2.05) is 12.2 Å². The van der Waals surface area contributed by atoms with Gasteiger partial charge in [0.2, 0.25) is 0 Å². The zero-order valence-corrected chi connectivity index (χ0v) is 11.7. The Hall–Kier alpha value is -0.420. The quantitative estimate of drug-likeness (QED) is 0.561. The summed E-state index contributed by atoms with van der Waals surface area (Å²) in [5, 5.41) is 10.7. The van der Waals surface area contributed by atoms with Crippen LogP contribution >= 0.6 is 0 Å². The summed E-state index contributed by atoms with van der Waals surface area (Å²) in [6.07, 6.45) is 8.31. The van der Waals surface area contributed by atoms with Crippen LogP contribution in [0.1, 0.15) is 32.1 Å². The Labute approximate surface area is 110 Å². The van der Waals surface area contributed by atoms with Crippen molar-refractivity contribution in [3.05, 3.63) is 12.2 Å². The van der Waals surface area contributed by atoms with E-state index in [1.165, 1.54) is 0 Å². The van der Waals surface area contributed by atoms with E-state index in [9.17, 15) is 5.11 Å². The molecule has 0 bridgehead atoms. The van der Waals surface area contributed by atoms with Gasteiger partial charge in [-0.1, -0.05) is 25.0 Å². The van der Waals surface area contributed by atoms with Crippen LogP contribution in [0, 0.1) is 5.92 Å². The maximum absolute atomic E-state index is 10.7. The zero-order chi connectivity index (χ0) is 13.4. The molecule has 0 saturated heterocycles. The van der Waals surface area contributed by atoms with E-state index in [4.69, 9.17) is 14.2 Å². The Morgan fingerprint density at radius 2 is 2.00 bits per heavy atom. The molecular weight excluding hydrogens is 232 g/mol. The third-order valence-corrected chi connectivity index (χ3v) is 3.76. The van der Waals surface area contributed by atoms with Crippen molar-refractivity contribution in [2.75, 3.05) is 27.9 Å². The lowest BCUT2D eigenvalue weighted by atomic mass is 9.73. The van der Waals surface area contributed by atoms with Gasteiger partial charge in [-0.05, 0) is 18.8 Å².